The fraction of sp³-hybridized carbons (Fsp3) is 0.0500. The largest absolute Gasteiger partial charge is 0.489 e. The van der Waals surface area contributed by atoms with Gasteiger partial charge in [-0.2, -0.15) is 9.78 Å². The normalized spacial score (nSPS) is 11.1. The van der Waals surface area contributed by atoms with E-state index in [1.165, 1.54) is 4.68 Å². The standard InChI is InChI=1S/C20H16N4O2S/c27-20-23-22-19(18-10-5-11-25-18)24(20)21-13-16-8-4-9-17(12-16)26-14-15-6-2-1-3-7-15/h1-13H,14H2,(H,23,27)/b21-13-. The van der Waals surface area contributed by atoms with Crippen LogP contribution in [0.5, 0.6) is 5.75 Å². The van der Waals surface area contributed by atoms with Crippen LogP contribution in [0, 0.1) is 4.77 Å². The minimum Gasteiger partial charge on any atom is -0.489 e. The van der Waals surface area contributed by atoms with E-state index in [2.05, 4.69) is 15.3 Å². The highest BCUT2D eigenvalue weighted by Gasteiger charge is 2.10. The van der Waals surface area contributed by atoms with Crippen LogP contribution in [0.15, 0.2) is 82.5 Å². The molecule has 0 aliphatic rings. The van der Waals surface area contributed by atoms with Crippen LogP contribution in [-0.4, -0.2) is 21.1 Å². The van der Waals surface area contributed by atoms with Crippen molar-refractivity contribution < 1.29 is 9.15 Å². The predicted octanol–water partition coefficient (Wildman–Crippen LogP) is 4.66. The molecular weight excluding hydrogens is 360 g/mol. The molecular formula is C20H16N4O2S. The molecule has 0 amide bonds. The maximum absolute atomic E-state index is 5.85. The van der Waals surface area contributed by atoms with Crippen molar-refractivity contribution >= 4 is 18.4 Å². The van der Waals surface area contributed by atoms with Gasteiger partial charge in [0.25, 0.3) is 0 Å². The van der Waals surface area contributed by atoms with E-state index >= 15 is 0 Å². The molecule has 2 heterocycles. The third-order valence-corrected chi connectivity index (χ3v) is 4.08. The Kier molecular flexibility index (Phi) is 4.93. The van der Waals surface area contributed by atoms with Gasteiger partial charge in [-0.15, -0.1) is 5.10 Å². The second-order valence-corrected chi connectivity index (χ2v) is 6.12. The lowest BCUT2D eigenvalue weighted by Gasteiger charge is -2.06. The number of hydrogen-bond acceptors (Lipinski definition) is 5. The first-order valence-corrected chi connectivity index (χ1v) is 8.73. The van der Waals surface area contributed by atoms with E-state index in [1.807, 2.05) is 54.6 Å². The second kappa shape index (κ2) is 7.84. The summed E-state index contributed by atoms with van der Waals surface area (Å²) in [7, 11) is 0. The Balaban J connectivity index is 1.52. The van der Waals surface area contributed by atoms with Crippen molar-refractivity contribution in [1.82, 2.24) is 14.9 Å². The molecule has 6 nitrogen and oxygen atoms in total. The van der Waals surface area contributed by atoms with E-state index in [-0.39, 0.29) is 0 Å². The zero-order chi connectivity index (χ0) is 18.5. The molecule has 27 heavy (non-hydrogen) atoms. The van der Waals surface area contributed by atoms with Crippen molar-refractivity contribution in [2.24, 2.45) is 5.10 Å². The third kappa shape index (κ3) is 4.04. The summed E-state index contributed by atoms with van der Waals surface area (Å²) >= 11 is 5.25. The van der Waals surface area contributed by atoms with Crippen molar-refractivity contribution in [2.75, 3.05) is 0 Å². The number of furan rings is 1. The molecule has 134 valence electrons. The lowest BCUT2D eigenvalue weighted by molar-refractivity contribution is 0.306. The molecule has 2 aromatic carbocycles. The Morgan fingerprint density at radius 1 is 1.11 bits per heavy atom. The summed E-state index contributed by atoms with van der Waals surface area (Å²) in [5.41, 5.74) is 2.00. The van der Waals surface area contributed by atoms with Crippen LogP contribution in [-0.2, 0) is 6.61 Å². The molecule has 0 aliphatic carbocycles. The lowest BCUT2D eigenvalue weighted by Crippen LogP contribution is -1.97. The van der Waals surface area contributed by atoms with Crippen LogP contribution in [0.1, 0.15) is 11.1 Å². The number of hydrogen-bond donors (Lipinski definition) is 1. The number of benzene rings is 2. The highest BCUT2D eigenvalue weighted by Crippen LogP contribution is 2.18. The van der Waals surface area contributed by atoms with Crippen molar-refractivity contribution in [3.05, 3.63) is 88.9 Å². The van der Waals surface area contributed by atoms with Gasteiger partial charge in [0.05, 0.1) is 12.5 Å². The van der Waals surface area contributed by atoms with Crippen LogP contribution in [0.2, 0.25) is 0 Å². The van der Waals surface area contributed by atoms with E-state index in [0.717, 1.165) is 16.9 Å². The molecule has 0 unspecified atom stereocenters. The van der Waals surface area contributed by atoms with Gasteiger partial charge in [0, 0.05) is 0 Å². The first-order chi connectivity index (χ1) is 13.3. The Labute approximate surface area is 160 Å². The van der Waals surface area contributed by atoms with Crippen LogP contribution < -0.4 is 4.74 Å². The lowest BCUT2D eigenvalue weighted by atomic mass is 10.2. The minimum atomic E-state index is 0.383. The van der Waals surface area contributed by atoms with Crippen LogP contribution in [0.4, 0.5) is 0 Å². The summed E-state index contributed by atoms with van der Waals surface area (Å²) in [5, 5.41) is 11.3. The molecule has 7 heteroatoms. The topological polar surface area (TPSA) is 68.3 Å². The van der Waals surface area contributed by atoms with Gasteiger partial charge in [-0.05, 0) is 47.6 Å². The molecule has 0 saturated heterocycles. The summed E-state index contributed by atoms with van der Waals surface area (Å²) in [6, 6.07) is 21.3. The van der Waals surface area contributed by atoms with Gasteiger partial charge in [-0.25, -0.2) is 5.10 Å². The van der Waals surface area contributed by atoms with Gasteiger partial charge in [-0.1, -0.05) is 42.5 Å². The van der Waals surface area contributed by atoms with Crippen molar-refractivity contribution in [2.45, 2.75) is 6.61 Å². The summed E-state index contributed by atoms with van der Waals surface area (Å²) in [6.07, 6.45) is 3.28. The third-order valence-electron chi connectivity index (χ3n) is 3.82. The molecule has 0 aliphatic heterocycles. The highest BCUT2D eigenvalue weighted by molar-refractivity contribution is 7.71. The number of H-pyrrole nitrogens is 1. The number of nitrogens with zero attached hydrogens (tertiary/aromatic N) is 3. The summed E-state index contributed by atoms with van der Waals surface area (Å²) in [6.45, 7) is 0.511. The molecule has 4 aromatic rings. The number of aromatic nitrogens is 3. The van der Waals surface area contributed by atoms with Crippen molar-refractivity contribution in [3.63, 3.8) is 0 Å². The van der Waals surface area contributed by atoms with Gasteiger partial charge >= 0.3 is 0 Å². The smallest absolute Gasteiger partial charge is 0.219 e. The van der Waals surface area contributed by atoms with Crippen LogP contribution in [0.25, 0.3) is 11.6 Å². The minimum absolute atomic E-state index is 0.383. The zero-order valence-corrected chi connectivity index (χ0v) is 15.1. The first-order valence-electron chi connectivity index (χ1n) is 8.32. The van der Waals surface area contributed by atoms with Gasteiger partial charge < -0.3 is 9.15 Å². The van der Waals surface area contributed by atoms with E-state index in [1.54, 1.807) is 24.6 Å². The SMILES string of the molecule is S=c1[nH]nc(-c2ccco2)n1/N=C\c1cccc(OCc2ccccc2)c1. The maximum Gasteiger partial charge on any atom is 0.219 e. The van der Waals surface area contributed by atoms with Crippen LogP contribution in [0.3, 0.4) is 0 Å². The average Bonchev–Trinajstić information content (AvgIpc) is 3.36. The van der Waals surface area contributed by atoms with Gasteiger partial charge in [-0.3, -0.25) is 0 Å². The van der Waals surface area contributed by atoms with E-state index in [4.69, 9.17) is 21.4 Å². The molecule has 0 bridgehead atoms. The summed E-state index contributed by atoms with van der Waals surface area (Å²) in [4.78, 5) is 0. The molecule has 0 saturated carbocycles. The fourth-order valence-electron chi connectivity index (χ4n) is 2.51. The Bertz CT molecular complexity index is 1100. The van der Waals surface area contributed by atoms with Crippen LogP contribution >= 0.6 is 12.2 Å². The second-order valence-electron chi connectivity index (χ2n) is 5.73. The number of ether oxygens (including phenoxy) is 1. The first kappa shape index (κ1) is 17.0. The Morgan fingerprint density at radius 3 is 2.81 bits per heavy atom. The zero-order valence-electron chi connectivity index (χ0n) is 14.3. The molecule has 0 radical (unpaired) electrons. The Morgan fingerprint density at radius 2 is 2.00 bits per heavy atom. The molecule has 0 atom stereocenters. The quantitative estimate of drug-likeness (QED) is 0.392. The van der Waals surface area contributed by atoms with Crippen molar-refractivity contribution in [1.29, 1.82) is 0 Å². The fourth-order valence-corrected chi connectivity index (χ4v) is 2.69. The van der Waals surface area contributed by atoms with Gasteiger partial charge in [0.2, 0.25) is 10.6 Å². The molecule has 4 rings (SSSR count). The monoisotopic (exact) mass is 376 g/mol. The molecule has 0 fully saturated rings. The molecule has 1 N–H and O–H groups in total. The average molecular weight is 376 g/mol. The number of rotatable bonds is 6. The van der Waals surface area contributed by atoms with E-state index in [0.29, 0.717) is 23.0 Å². The molecule has 0 spiro atoms. The van der Waals surface area contributed by atoms with Crippen molar-refractivity contribution in [3.8, 4) is 17.3 Å². The van der Waals surface area contributed by atoms with Gasteiger partial charge in [0.15, 0.2) is 5.76 Å². The maximum atomic E-state index is 5.85. The number of aromatic amines is 1. The van der Waals surface area contributed by atoms with E-state index < -0.39 is 0 Å². The Hall–Kier alpha value is -3.45. The van der Waals surface area contributed by atoms with Gasteiger partial charge in [0.1, 0.15) is 12.4 Å². The highest BCUT2D eigenvalue weighted by atomic mass is 32.1. The van der Waals surface area contributed by atoms with E-state index in [9.17, 15) is 0 Å². The summed E-state index contributed by atoms with van der Waals surface area (Å²) in [5.74, 6) is 1.86. The number of nitrogens with one attached hydrogen (secondary N) is 1. The summed E-state index contributed by atoms with van der Waals surface area (Å²) < 4.78 is 13.1. The molecule has 2 aromatic heterocycles. The predicted molar refractivity (Wildman–Crippen MR) is 105 cm³/mol.